The number of nitrogens with one attached hydrogen (secondary N) is 2. The van der Waals surface area contributed by atoms with E-state index in [1.165, 1.54) is 18.2 Å². The molecule has 0 aliphatic carbocycles. The summed E-state index contributed by atoms with van der Waals surface area (Å²) in [6.07, 6.45) is 1.57. The van der Waals surface area contributed by atoms with Crippen LogP contribution in [0.15, 0.2) is 36.5 Å². The zero-order valence-electron chi connectivity index (χ0n) is 10.2. The molecule has 1 aromatic carbocycles. The first-order valence-corrected chi connectivity index (χ1v) is 5.99. The largest absolute Gasteiger partial charge is 0.451 e. The van der Waals surface area contributed by atoms with Gasteiger partial charge in [0, 0.05) is 11.9 Å². The third-order valence-electron chi connectivity index (χ3n) is 2.36. The highest BCUT2D eigenvalue weighted by Gasteiger charge is 2.11. The Kier molecular flexibility index (Phi) is 4.37. The summed E-state index contributed by atoms with van der Waals surface area (Å²) >= 11 is 5.58. The number of hydrogen-bond donors (Lipinski definition) is 2. The van der Waals surface area contributed by atoms with Crippen LogP contribution in [0.2, 0.25) is 5.02 Å². The molecule has 0 saturated carbocycles. The van der Waals surface area contributed by atoms with Gasteiger partial charge in [0.15, 0.2) is 6.61 Å². The number of anilines is 1. The van der Waals surface area contributed by atoms with E-state index in [9.17, 15) is 14.0 Å². The Morgan fingerprint density at radius 2 is 2.15 bits per heavy atom. The fraction of sp³-hybridized carbons (Fsp3) is 0.0769. The van der Waals surface area contributed by atoms with Gasteiger partial charge in [-0.15, -0.1) is 0 Å². The number of aromatic nitrogens is 1. The number of carbonyl (C=O) groups excluding carboxylic acids is 2. The van der Waals surface area contributed by atoms with Gasteiger partial charge in [0.1, 0.15) is 11.5 Å². The van der Waals surface area contributed by atoms with Crippen molar-refractivity contribution >= 4 is 29.2 Å². The van der Waals surface area contributed by atoms with Crippen LogP contribution in [-0.4, -0.2) is 23.5 Å². The van der Waals surface area contributed by atoms with Crippen LogP contribution >= 0.6 is 11.6 Å². The number of amides is 1. The summed E-state index contributed by atoms with van der Waals surface area (Å²) in [7, 11) is 0. The van der Waals surface area contributed by atoms with Crippen molar-refractivity contribution in [3.63, 3.8) is 0 Å². The molecule has 0 atom stereocenters. The van der Waals surface area contributed by atoms with Crippen molar-refractivity contribution in [2.24, 2.45) is 0 Å². The first-order valence-electron chi connectivity index (χ1n) is 5.61. The monoisotopic (exact) mass is 296 g/mol. The lowest BCUT2D eigenvalue weighted by Gasteiger charge is -2.06. The quantitative estimate of drug-likeness (QED) is 0.852. The molecule has 2 aromatic rings. The average molecular weight is 297 g/mol. The number of ether oxygens (including phenoxy) is 1. The Hall–Kier alpha value is -2.34. The van der Waals surface area contributed by atoms with Crippen LogP contribution < -0.4 is 5.32 Å². The van der Waals surface area contributed by atoms with Crippen molar-refractivity contribution in [3.8, 4) is 0 Å². The zero-order chi connectivity index (χ0) is 14.5. The molecule has 0 spiro atoms. The van der Waals surface area contributed by atoms with Crippen molar-refractivity contribution in [1.82, 2.24) is 4.98 Å². The van der Waals surface area contributed by atoms with Gasteiger partial charge in [0.05, 0.1) is 5.02 Å². The lowest BCUT2D eigenvalue weighted by atomic mass is 10.3. The smallest absolute Gasteiger partial charge is 0.355 e. The van der Waals surface area contributed by atoms with Crippen LogP contribution in [0.4, 0.5) is 10.1 Å². The Bertz CT molecular complexity index is 629. The molecule has 0 radical (unpaired) electrons. The van der Waals surface area contributed by atoms with Gasteiger partial charge in [-0.3, -0.25) is 4.79 Å². The predicted molar refractivity (Wildman–Crippen MR) is 71.1 cm³/mol. The summed E-state index contributed by atoms with van der Waals surface area (Å²) in [4.78, 5) is 25.7. The molecule has 0 aliphatic rings. The van der Waals surface area contributed by atoms with Crippen molar-refractivity contribution in [2.75, 3.05) is 11.9 Å². The minimum absolute atomic E-state index is 0.105. The Labute approximate surface area is 118 Å². The van der Waals surface area contributed by atoms with Crippen LogP contribution in [0.5, 0.6) is 0 Å². The maximum Gasteiger partial charge on any atom is 0.355 e. The lowest BCUT2D eigenvalue weighted by molar-refractivity contribution is -0.119. The van der Waals surface area contributed by atoms with E-state index in [-0.39, 0.29) is 10.7 Å². The van der Waals surface area contributed by atoms with Gasteiger partial charge in [-0.1, -0.05) is 11.6 Å². The second-order valence-corrected chi connectivity index (χ2v) is 4.24. The summed E-state index contributed by atoms with van der Waals surface area (Å²) < 4.78 is 17.7. The molecular weight excluding hydrogens is 287 g/mol. The fourth-order valence-electron chi connectivity index (χ4n) is 1.44. The first-order chi connectivity index (χ1) is 9.56. The van der Waals surface area contributed by atoms with E-state index in [1.54, 1.807) is 12.3 Å². The minimum Gasteiger partial charge on any atom is -0.451 e. The molecule has 0 bridgehead atoms. The van der Waals surface area contributed by atoms with Gasteiger partial charge in [0.2, 0.25) is 0 Å². The number of aromatic amines is 1. The summed E-state index contributed by atoms with van der Waals surface area (Å²) in [6, 6.07) is 6.91. The molecule has 0 fully saturated rings. The van der Waals surface area contributed by atoms with E-state index >= 15 is 0 Å². The standard InChI is InChI=1S/C13H10ClFN2O3/c14-9-6-8(3-4-10(9)15)17-12(18)7-20-13(19)11-2-1-5-16-11/h1-6,16H,7H2,(H,17,18). The molecule has 5 nitrogen and oxygen atoms in total. The normalized spacial score (nSPS) is 10.1. The molecule has 1 aromatic heterocycles. The van der Waals surface area contributed by atoms with Gasteiger partial charge >= 0.3 is 5.97 Å². The van der Waals surface area contributed by atoms with Crippen molar-refractivity contribution in [2.45, 2.75) is 0 Å². The average Bonchev–Trinajstić information content (AvgIpc) is 2.94. The topological polar surface area (TPSA) is 71.2 Å². The molecular formula is C13H10ClFN2O3. The van der Waals surface area contributed by atoms with Gasteiger partial charge in [-0.2, -0.15) is 0 Å². The molecule has 2 N–H and O–H groups in total. The van der Waals surface area contributed by atoms with E-state index in [2.05, 4.69) is 10.3 Å². The third-order valence-corrected chi connectivity index (χ3v) is 2.65. The Balaban J connectivity index is 1.86. The number of carbonyl (C=O) groups is 2. The molecule has 1 heterocycles. The van der Waals surface area contributed by atoms with E-state index < -0.39 is 24.3 Å². The summed E-state index contributed by atoms with van der Waals surface area (Å²) in [5.41, 5.74) is 0.569. The molecule has 0 saturated heterocycles. The SMILES string of the molecule is O=C(COC(=O)c1ccc[nH]1)Nc1ccc(F)c(Cl)c1. The van der Waals surface area contributed by atoms with Crippen molar-refractivity contribution in [1.29, 1.82) is 0 Å². The van der Waals surface area contributed by atoms with Crippen LogP contribution in [-0.2, 0) is 9.53 Å². The molecule has 0 aliphatic heterocycles. The van der Waals surface area contributed by atoms with Crippen molar-refractivity contribution in [3.05, 3.63) is 53.1 Å². The van der Waals surface area contributed by atoms with Gasteiger partial charge in [-0.25, -0.2) is 9.18 Å². The fourth-order valence-corrected chi connectivity index (χ4v) is 1.62. The molecule has 7 heteroatoms. The van der Waals surface area contributed by atoms with E-state index in [4.69, 9.17) is 16.3 Å². The van der Waals surface area contributed by atoms with Crippen molar-refractivity contribution < 1.29 is 18.7 Å². The lowest BCUT2D eigenvalue weighted by Crippen LogP contribution is -2.21. The highest BCUT2D eigenvalue weighted by Crippen LogP contribution is 2.19. The maximum atomic E-state index is 12.9. The number of halogens is 2. The van der Waals surface area contributed by atoms with Gasteiger partial charge < -0.3 is 15.0 Å². The van der Waals surface area contributed by atoms with E-state index in [0.717, 1.165) is 6.07 Å². The molecule has 1 amide bonds. The number of esters is 1. The molecule has 0 unspecified atom stereocenters. The number of H-pyrrole nitrogens is 1. The Morgan fingerprint density at radius 3 is 2.80 bits per heavy atom. The van der Waals surface area contributed by atoms with Gasteiger partial charge in [0.25, 0.3) is 5.91 Å². The summed E-state index contributed by atoms with van der Waals surface area (Å²) in [5, 5.41) is 2.33. The van der Waals surface area contributed by atoms with Crippen LogP contribution in [0.1, 0.15) is 10.5 Å². The maximum absolute atomic E-state index is 12.9. The summed E-state index contributed by atoms with van der Waals surface area (Å²) in [6.45, 7) is -0.452. The summed E-state index contributed by atoms with van der Waals surface area (Å²) in [5.74, 6) is -1.77. The second kappa shape index (κ2) is 6.21. The third kappa shape index (κ3) is 3.58. The highest BCUT2D eigenvalue weighted by atomic mass is 35.5. The zero-order valence-corrected chi connectivity index (χ0v) is 10.9. The second-order valence-electron chi connectivity index (χ2n) is 3.84. The number of hydrogen-bond acceptors (Lipinski definition) is 3. The Morgan fingerprint density at radius 1 is 1.35 bits per heavy atom. The highest BCUT2D eigenvalue weighted by molar-refractivity contribution is 6.31. The molecule has 20 heavy (non-hydrogen) atoms. The van der Waals surface area contributed by atoms with E-state index in [1.807, 2.05) is 0 Å². The van der Waals surface area contributed by atoms with Crippen LogP contribution in [0.3, 0.4) is 0 Å². The van der Waals surface area contributed by atoms with Crippen LogP contribution in [0.25, 0.3) is 0 Å². The van der Waals surface area contributed by atoms with Crippen LogP contribution in [0, 0.1) is 5.82 Å². The number of rotatable bonds is 4. The van der Waals surface area contributed by atoms with E-state index in [0.29, 0.717) is 5.69 Å². The predicted octanol–water partition coefficient (Wildman–Crippen LogP) is 2.60. The molecule has 2 rings (SSSR count). The van der Waals surface area contributed by atoms with Gasteiger partial charge in [-0.05, 0) is 30.3 Å². The minimum atomic E-state index is -0.637. The molecule has 104 valence electrons. The number of benzene rings is 1. The first kappa shape index (κ1) is 14.1.